The summed E-state index contributed by atoms with van der Waals surface area (Å²) in [6, 6.07) is 8.64. The molecule has 0 saturated carbocycles. The number of anilines is 1. The summed E-state index contributed by atoms with van der Waals surface area (Å²) in [4.78, 5) is 4.63. The van der Waals surface area contributed by atoms with Crippen molar-refractivity contribution in [1.82, 2.24) is 0 Å². The highest BCUT2D eigenvalue weighted by atomic mass is 15.0. The van der Waals surface area contributed by atoms with Gasteiger partial charge in [0.25, 0.3) is 0 Å². The van der Waals surface area contributed by atoms with Gasteiger partial charge in [-0.25, -0.2) is 4.99 Å². The van der Waals surface area contributed by atoms with E-state index in [4.69, 9.17) is 0 Å². The van der Waals surface area contributed by atoms with Gasteiger partial charge in [0, 0.05) is 0 Å². The standard InChI is InChI=1S/C12H12N2/c1-2-6-10-9(5-1)13-11-7-3-4-8-12(11)14-10/h1-3,5-7,12,14H,4,8H2. The lowest BCUT2D eigenvalue weighted by Crippen LogP contribution is -2.32. The van der Waals surface area contributed by atoms with Gasteiger partial charge in [-0.3, -0.25) is 0 Å². The Labute approximate surface area is 83.4 Å². The molecule has 0 amide bonds. The molecular formula is C12H12N2. The zero-order chi connectivity index (χ0) is 9.38. The van der Waals surface area contributed by atoms with Gasteiger partial charge < -0.3 is 5.32 Å². The molecule has 0 bridgehead atoms. The normalized spacial score (nSPS) is 23.1. The van der Waals surface area contributed by atoms with E-state index in [1.54, 1.807) is 0 Å². The van der Waals surface area contributed by atoms with Gasteiger partial charge >= 0.3 is 0 Å². The van der Waals surface area contributed by atoms with Gasteiger partial charge in [0.2, 0.25) is 0 Å². The van der Waals surface area contributed by atoms with E-state index in [1.165, 1.54) is 5.71 Å². The SMILES string of the molecule is C1=CC2=Nc3ccccc3NC2CC1. The molecule has 0 fully saturated rings. The second-order valence-electron chi connectivity index (χ2n) is 3.73. The number of hydrogen-bond acceptors (Lipinski definition) is 2. The first-order valence-electron chi connectivity index (χ1n) is 5.04. The molecule has 1 heterocycles. The number of fused-ring (bicyclic) bond motifs is 2. The third kappa shape index (κ3) is 1.15. The Morgan fingerprint density at radius 3 is 3.21 bits per heavy atom. The van der Waals surface area contributed by atoms with Crippen LogP contribution in [0.3, 0.4) is 0 Å². The topological polar surface area (TPSA) is 24.4 Å². The van der Waals surface area contributed by atoms with Crippen LogP contribution < -0.4 is 5.32 Å². The highest BCUT2D eigenvalue weighted by Crippen LogP contribution is 2.31. The number of hydrogen-bond donors (Lipinski definition) is 1. The number of nitrogens with one attached hydrogen (secondary N) is 1. The van der Waals surface area contributed by atoms with E-state index in [-0.39, 0.29) is 0 Å². The lowest BCUT2D eigenvalue weighted by Gasteiger charge is -2.27. The zero-order valence-electron chi connectivity index (χ0n) is 7.90. The van der Waals surface area contributed by atoms with Crippen molar-refractivity contribution in [3.8, 4) is 0 Å². The molecule has 0 spiro atoms. The van der Waals surface area contributed by atoms with Gasteiger partial charge in [-0.05, 0) is 31.1 Å². The van der Waals surface area contributed by atoms with Crippen molar-refractivity contribution in [3.05, 3.63) is 36.4 Å². The fraction of sp³-hybridized carbons (Fsp3) is 0.250. The molecule has 0 radical (unpaired) electrons. The Kier molecular flexibility index (Phi) is 1.66. The van der Waals surface area contributed by atoms with Crippen LogP contribution in [0.5, 0.6) is 0 Å². The zero-order valence-corrected chi connectivity index (χ0v) is 7.90. The van der Waals surface area contributed by atoms with Gasteiger partial charge in [-0.2, -0.15) is 0 Å². The molecule has 1 aromatic rings. The fourth-order valence-electron chi connectivity index (χ4n) is 2.01. The summed E-state index contributed by atoms with van der Waals surface area (Å²) in [5.41, 5.74) is 3.40. The molecular weight excluding hydrogens is 172 g/mol. The van der Waals surface area contributed by atoms with E-state index >= 15 is 0 Å². The molecule has 1 atom stereocenters. The van der Waals surface area contributed by atoms with Crippen LogP contribution in [0, 0.1) is 0 Å². The summed E-state index contributed by atoms with van der Waals surface area (Å²) < 4.78 is 0. The first kappa shape index (κ1) is 7.80. The van der Waals surface area contributed by atoms with Crippen molar-refractivity contribution in [3.63, 3.8) is 0 Å². The second-order valence-corrected chi connectivity index (χ2v) is 3.73. The first-order valence-corrected chi connectivity index (χ1v) is 5.04. The Balaban J connectivity index is 2.10. The monoisotopic (exact) mass is 184 g/mol. The molecule has 1 aromatic carbocycles. The Hall–Kier alpha value is -1.57. The predicted octanol–water partition coefficient (Wildman–Crippen LogP) is 2.90. The highest BCUT2D eigenvalue weighted by molar-refractivity contribution is 6.05. The van der Waals surface area contributed by atoms with Gasteiger partial charge in [0.1, 0.15) is 0 Å². The molecule has 1 unspecified atom stereocenters. The van der Waals surface area contributed by atoms with Crippen LogP contribution in [0.4, 0.5) is 11.4 Å². The summed E-state index contributed by atoms with van der Waals surface area (Å²) in [5, 5.41) is 3.52. The van der Waals surface area contributed by atoms with Crippen LogP contribution in [0.25, 0.3) is 0 Å². The van der Waals surface area contributed by atoms with Crippen molar-refractivity contribution in [1.29, 1.82) is 0 Å². The van der Waals surface area contributed by atoms with Crippen LogP contribution in [-0.4, -0.2) is 11.8 Å². The molecule has 0 saturated heterocycles. The average molecular weight is 184 g/mol. The molecule has 1 N–H and O–H groups in total. The first-order chi connectivity index (χ1) is 6.93. The Bertz CT molecular complexity index is 418. The van der Waals surface area contributed by atoms with Crippen molar-refractivity contribution < 1.29 is 0 Å². The van der Waals surface area contributed by atoms with Gasteiger partial charge in [0.15, 0.2) is 0 Å². The number of allylic oxidation sites excluding steroid dienone is 1. The maximum Gasteiger partial charge on any atom is 0.0865 e. The summed E-state index contributed by atoms with van der Waals surface area (Å²) in [5.74, 6) is 0. The van der Waals surface area contributed by atoms with Crippen LogP contribution in [0.1, 0.15) is 12.8 Å². The van der Waals surface area contributed by atoms with E-state index < -0.39 is 0 Å². The van der Waals surface area contributed by atoms with Gasteiger partial charge in [-0.1, -0.05) is 18.2 Å². The van der Waals surface area contributed by atoms with Crippen molar-refractivity contribution >= 4 is 17.1 Å². The van der Waals surface area contributed by atoms with Crippen LogP contribution in [0.15, 0.2) is 41.4 Å². The molecule has 2 nitrogen and oxygen atoms in total. The molecule has 70 valence electrons. The number of rotatable bonds is 0. The van der Waals surface area contributed by atoms with Crippen molar-refractivity contribution in [2.45, 2.75) is 18.9 Å². The maximum absolute atomic E-state index is 4.63. The molecule has 2 heteroatoms. The largest absolute Gasteiger partial charge is 0.375 e. The molecule has 1 aliphatic carbocycles. The van der Waals surface area contributed by atoms with Crippen LogP contribution in [-0.2, 0) is 0 Å². The maximum atomic E-state index is 4.63. The average Bonchev–Trinajstić information content (AvgIpc) is 2.26. The number of nitrogens with zero attached hydrogens (tertiary/aromatic N) is 1. The number of aliphatic imine (C=N–C) groups is 1. The minimum atomic E-state index is 0.426. The fourth-order valence-corrected chi connectivity index (χ4v) is 2.01. The molecule has 3 rings (SSSR count). The van der Waals surface area contributed by atoms with Crippen LogP contribution in [0.2, 0.25) is 0 Å². The third-order valence-corrected chi connectivity index (χ3v) is 2.75. The summed E-state index contributed by atoms with van der Waals surface area (Å²) in [6.45, 7) is 0. The molecule has 0 aromatic heterocycles. The lowest BCUT2D eigenvalue weighted by molar-refractivity contribution is 0.788. The van der Waals surface area contributed by atoms with E-state index in [1.807, 2.05) is 18.2 Å². The van der Waals surface area contributed by atoms with Gasteiger partial charge in [-0.15, -0.1) is 0 Å². The van der Waals surface area contributed by atoms with Crippen molar-refractivity contribution in [2.24, 2.45) is 4.99 Å². The van der Waals surface area contributed by atoms with E-state index in [0.717, 1.165) is 24.2 Å². The Morgan fingerprint density at radius 1 is 1.29 bits per heavy atom. The lowest BCUT2D eigenvalue weighted by atomic mass is 9.97. The minimum absolute atomic E-state index is 0.426. The molecule has 14 heavy (non-hydrogen) atoms. The van der Waals surface area contributed by atoms with Gasteiger partial charge in [0.05, 0.1) is 23.1 Å². The van der Waals surface area contributed by atoms with E-state index in [9.17, 15) is 0 Å². The summed E-state index contributed by atoms with van der Waals surface area (Å²) in [7, 11) is 0. The highest BCUT2D eigenvalue weighted by Gasteiger charge is 2.21. The third-order valence-electron chi connectivity index (χ3n) is 2.75. The summed E-state index contributed by atoms with van der Waals surface area (Å²) >= 11 is 0. The second kappa shape index (κ2) is 2.98. The van der Waals surface area contributed by atoms with Crippen molar-refractivity contribution in [2.75, 3.05) is 5.32 Å². The Morgan fingerprint density at radius 2 is 2.21 bits per heavy atom. The van der Waals surface area contributed by atoms with E-state index in [2.05, 4.69) is 28.5 Å². The number of benzene rings is 1. The molecule has 2 aliphatic rings. The van der Waals surface area contributed by atoms with Crippen LogP contribution >= 0.6 is 0 Å². The smallest absolute Gasteiger partial charge is 0.0865 e. The summed E-state index contributed by atoms with van der Waals surface area (Å²) in [6.07, 6.45) is 6.64. The quantitative estimate of drug-likeness (QED) is 0.658. The predicted molar refractivity (Wildman–Crippen MR) is 59.3 cm³/mol. The minimum Gasteiger partial charge on any atom is -0.375 e. The number of para-hydroxylation sites is 2. The van der Waals surface area contributed by atoms with E-state index in [0.29, 0.717) is 6.04 Å². The molecule has 1 aliphatic heterocycles.